The van der Waals surface area contributed by atoms with Crippen LogP contribution in [0.5, 0.6) is 0 Å². The molecule has 1 aromatic carbocycles. The second-order valence-electron chi connectivity index (χ2n) is 4.54. The van der Waals surface area contributed by atoms with E-state index in [-0.39, 0.29) is 6.54 Å². The minimum absolute atomic E-state index is 0.246. The van der Waals surface area contributed by atoms with Crippen LogP contribution in [-0.2, 0) is 9.59 Å². The van der Waals surface area contributed by atoms with Gasteiger partial charge in [0.15, 0.2) is 0 Å². The summed E-state index contributed by atoms with van der Waals surface area (Å²) in [5.41, 5.74) is 3.53. The van der Waals surface area contributed by atoms with Gasteiger partial charge in [0.05, 0.1) is 12.1 Å². The summed E-state index contributed by atoms with van der Waals surface area (Å²) in [4.78, 5) is 38.7. The standard InChI is InChI=1S/C17H15N3O3/c21-12-11-20(19-17(23)15-7-4-10-18-13-15)16(22)9-8-14-5-2-1-3-6-14/h1-10,12-13H,11H2,(H,19,23)/b9-8+. The zero-order valence-corrected chi connectivity index (χ0v) is 12.3. The predicted molar refractivity (Wildman–Crippen MR) is 85.0 cm³/mol. The number of hydrogen-bond donors (Lipinski definition) is 1. The fraction of sp³-hybridized carbons (Fsp3) is 0.0588. The van der Waals surface area contributed by atoms with Crippen molar-refractivity contribution in [2.75, 3.05) is 6.54 Å². The number of aromatic nitrogens is 1. The van der Waals surface area contributed by atoms with Crippen molar-refractivity contribution < 1.29 is 14.4 Å². The molecule has 0 aliphatic heterocycles. The largest absolute Gasteiger partial charge is 0.301 e. The topological polar surface area (TPSA) is 79.4 Å². The summed E-state index contributed by atoms with van der Waals surface area (Å²) in [6, 6.07) is 12.4. The molecule has 1 heterocycles. The molecule has 0 saturated carbocycles. The average Bonchev–Trinajstić information content (AvgIpc) is 2.61. The molecule has 2 amide bonds. The van der Waals surface area contributed by atoms with E-state index in [1.807, 2.05) is 30.3 Å². The Bertz CT molecular complexity index is 700. The van der Waals surface area contributed by atoms with Crippen molar-refractivity contribution in [3.8, 4) is 0 Å². The molecule has 23 heavy (non-hydrogen) atoms. The number of hydrazine groups is 1. The van der Waals surface area contributed by atoms with Gasteiger partial charge < -0.3 is 4.79 Å². The number of rotatable bonds is 5. The highest BCUT2D eigenvalue weighted by atomic mass is 16.2. The number of benzene rings is 1. The predicted octanol–water partition coefficient (Wildman–Crippen LogP) is 1.47. The first-order chi connectivity index (χ1) is 11.2. The summed E-state index contributed by atoms with van der Waals surface area (Å²) in [5, 5.41) is 0.946. The second kappa shape index (κ2) is 8.23. The van der Waals surface area contributed by atoms with Crippen molar-refractivity contribution in [2.24, 2.45) is 0 Å². The first-order valence-corrected chi connectivity index (χ1v) is 6.90. The van der Waals surface area contributed by atoms with Crippen molar-refractivity contribution in [1.29, 1.82) is 0 Å². The Kier molecular flexibility index (Phi) is 5.76. The third-order valence-electron chi connectivity index (χ3n) is 2.90. The molecular formula is C17H15N3O3. The molecule has 0 radical (unpaired) electrons. The van der Waals surface area contributed by atoms with E-state index in [4.69, 9.17) is 0 Å². The molecule has 0 unspecified atom stereocenters. The van der Waals surface area contributed by atoms with E-state index < -0.39 is 11.8 Å². The quantitative estimate of drug-likeness (QED) is 0.515. The van der Waals surface area contributed by atoms with Crippen LogP contribution in [0.4, 0.5) is 0 Å². The fourth-order valence-electron chi connectivity index (χ4n) is 1.77. The number of aldehydes is 1. The molecule has 0 aliphatic carbocycles. The zero-order chi connectivity index (χ0) is 16.5. The number of carbonyl (C=O) groups excluding carboxylic acids is 3. The summed E-state index contributed by atoms with van der Waals surface area (Å²) in [6.45, 7) is -0.246. The van der Waals surface area contributed by atoms with Crippen LogP contribution in [0, 0.1) is 0 Å². The normalized spacial score (nSPS) is 10.3. The van der Waals surface area contributed by atoms with Crippen LogP contribution >= 0.6 is 0 Å². The lowest BCUT2D eigenvalue weighted by atomic mass is 10.2. The molecule has 116 valence electrons. The Balaban J connectivity index is 2.05. The minimum Gasteiger partial charge on any atom is -0.301 e. The molecule has 2 aromatic rings. The average molecular weight is 309 g/mol. The van der Waals surface area contributed by atoms with Crippen molar-refractivity contribution in [3.05, 3.63) is 72.1 Å². The van der Waals surface area contributed by atoms with Crippen LogP contribution in [0.25, 0.3) is 6.08 Å². The molecule has 6 nitrogen and oxygen atoms in total. The molecule has 0 bridgehead atoms. The summed E-state index contributed by atoms with van der Waals surface area (Å²) in [6.07, 6.45) is 6.35. The second-order valence-corrected chi connectivity index (χ2v) is 4.54. The van der Waals surface area contributed by atoms with Gasteiger partial charge in [-0.25, -0.2) is 5.01 Å². The summed E-state index contributed by atoms with van der Waals surface area (Å²) in [7, 11) is 0. The lowest BCUT2D eigenvalue weighted by Gasteiger charge is -2.19. The van der Waals surface area contributed by atoms with Crippen molar-refractivity contribution in [1.82, 2.24) is 15.4 Å². The van der Waals surface area contributed by atoms with Crippen LogP contribution in [0.2, 0.25) is 0 Å². The molecule has 0 aliphatic rings. The van der Waals surface area contributed by atoms with Crippen LogP contribution < -0.4 is 5.43 Å². The van der Waals surface area contributed by atoms with E-state index in [1.165, 1.54) is 18.5 Å². The third-order valence-corrected chi connectivity index (χ3v) is 2.90. The van der Waals surface area contributed by atoms with Gasteiger partial charge in [-0.1, -0.05) is 30.3 Å². The van der Waals surface area contributed by atoms with Gasteiger partial charge in [-0.15, -0.1) is 0 Å². The van der Waals surface area contributed by atoms with Crippen molar-refractivity contribution >= 4 is 24.2 Å². The Morgan fingerprint density at radius 1 is 1.13 bits per heavy atom. The molecule has 6 heteroatoms. The van der Waals surface area contributed by atoms with E-state index in [0.717, 1.165) is 10.6 Å². The monoisotopic (exact) mass is 309 g/mol. The fourth-order valence-corrected chi connectivity index (χ4v) is 1.77. The van der Waals surface area contributed by atoms with Gasteiger partial charge >= 0.3 is 0 Å². The maximum Gasteiger partial charge on any atom is 0.271 e. The van der Waals surface area contributed by atoms with Gasteiger partial charge in [-0.05, 0) is 23.8 Å². The Morgan fingerprint density at radius 2 is 1.91 bits per heavy atom. The Labute approximate surface area is 133 Å². The first kappa shape index (κ1) is 16.1. The van der Waals surface area contributed by atoms with Crippen molar-refractivity contribution in [3.63, 3.8) is 0 Å². The SMILES string of the molecule is O=CCN(NC(=O)c1cccnc1)C(=O)/C=C/c1ccccc1. The van der Waals surface area contributed by atoms with Gasteiger partial charge in [0.1, 0.15) is 6.29 Å². The van der Waals surface area contributed by atoms with Crippen molar-refractivity contribution in [2.45, 2.75) is 0 Å². The number of nitrogens with one attached hydrogen (secondary N) is 1. The van der Waals surface area contributed by atoms with E-state index in [9.17, 15) is 14.4 Å². The van der Waals surface area contributed by atoms with E-state index in [1.54, 1.807) is 18.2 Å². The van der Waals surface area contributed by atoms with Crippen LogP contribution in [0.15, 0.2) is 60.9 Å². The highest BCUT2D eigenvalue weighted by molar-refractivity contribution is 5.98. The molecule has 0 fully saturated rings. The van der Waals surface area contributed by atoms with Gasteiger partial charge in [-0.2, -0.15) is 0 Å². The lowest BCUT2D eigenvalue weighted by Crippen LogP contribution is -2.46. The van der Waals surface area contributed by atoms with Gasteiger partial charge in [-0.3, -0.25) is 20.0 Å². The number of carbonyl (C=O) groups is 3. The minimum atomic E-state index is -0.513. The number of nitrogens with zero attached hydrogens (tertiary/aromatic N) is 2. The number of amides is 2. The van der Waals surface area contributed by atoms with Gasteiger partial charge in [0, 0.05) is 18.5 Å². The molecule has 0 atom stereocenters. The van der Waals surface area contributed by atoms with E-state index in [0.29, 0.717) is 11.8 Å². The third kappa shape index (κ3) is 4.89. The molecule has 0 spiro atoms. The highest BCUT2D eigenvalue weighted by Crippen LogP contribution is 2.02. The summed E-state index contributed by atoms with van der Waals surface area (Å²) < 4.78 is 0. The zero-order valence-electron chi connectivity index (χ0n) is 12.3. The molecule has 1 N–H and O–H groups in total. The first-order valence-electron chi connectivity index (χ1n) is 6.90. The molecule has 0 saturated heterocycles. The highest BCUT2D eigenvalue weighted by Gasteiger charge is 2.14. The maximum absolute atomic E-state index is 12.1. The van der Waals surface area contributed by atoms with Gasteiger partial charge in [0.2, 0.25) is 0 Å². The maximum atomic E-state index is 12.1. The molecule has 2 rings (SSSR count). The van der Waals surface area contributed by atoms with E-state index in [2.05, 4.69) is 10.4 Å². The number of hydrogen-bond acceptors (Lipinski definition) is 4. The van der Waals surface area contributed by atoms with E-state index >= 15 is 0 Å². The van der Waals surface area contributed by atoms with Gasteiger partial charge in [0.25, 0.3) is 11.8 Å². The van der Waals surface area contributed by atoms with Crippen LogP contribution in [0.1, 0.15) is 15.9 Å². The molecular weight excluding hydrogens is 294 g/mol. The Hall–Kier alpha value is -3.28. The molecule has 1 aromatic heterocycles. The van der Waals surface area contributed by atoms with Crippen LogP contribution in [-0.4, -0.2) is 34.6 Å². The Morgan fingerprint density at radius 3 is 2.57 bits per heavy atom. The summed E-state index contributed by atoms with van der Waals surface area (Å²) >= 11 is 0. The smallest absolute Gasteiger partial charge is 0.271 e. The van der Waals surface area contributed by atoms with Crippen LogP contribution in [0.3, 0.4) is 0 Å². The number of pyridine rings is 1. The summed E-state index contributed by atoms with van der Waals surface area (Å²) in [5.74, 6) is -1.01. The lowest BCUT2D eigenvalue weighted by molar-refractivity contribution is -0.130.